The topological polar surface area (TPSA) is 105 Å². The van der Waals surface area contributed by atoms with Crippen LogP contribution in [0.3, 0.4) is 0 Å². The molecule has 0 radical (unpaired) electrons. The molecule has 11 heteroatoms. The van der Waals surface area contributed by atoms with E-state index in [1.54, 1.807) is 12.1 Å². The fourth-order valence-corrected chi connectivity index (χ4v) is 5.46. The average Bonchev–Trinajstić information content (AvgIpc) is 3.59. The summed E-state index contributed by atoms with van der Waals surface area (Å²) in [5.41, 5.74) is 1.58. The number of hydrogen-bond acceptors (Lipinski definition) is 7. The van der Waals surface area contributed by atoms with Crippen LogP contribution in [0.2, 0.25) is 5.02 Å². The molecule has 8 nitrogen and oxygen atoms in total. The van der Waals surface area contributed by atoms with Gasteiger partial charge in [0.1, 0.15) is 5.52 Å². The van der Waals surface area contributed by atoms with Gasteiger partial charge >= 0.3 is 11.9 Å². The number of carbonyl (C=O) groups is 2. The smallest absolute Gasteiger partial charge is 0.330 e. The van der Waals surface area contributed by atoms with E-state index in [1.807, 2.05) is 13.0 Å². The van der Waals surface area contributed by atoms with Gasteiger partial charge in [0.15, 0.2) is 11.4 Å². The molecular formula is C28H30ClF2N3O5. The SMILES string of the molecule is Cc1ccc(Cl)cc1Nc1nc2ccc(CC(=O)C(F)(OC3CCC(C(=O)O)CC3)N3CCCC3)c(F)c2o1. The van der Waals surface area contributed by atoms with Crippen molar-refractivity contribution in [2.24, 2.45) is 5.92 Å². The van der Waals surface area contributed by atoms with Gasteiger partial charge in [0.25, 0.3) is 6.01 Å². The van der Waals surface area contributed by atoms with Crippen LogP contribution in [0, 0.1) is 18.7 Å². The van der Waals surface area contributed by atoms with Crippen LogP contribution in [-0.4, -0.2) is 51.9 Å². The first kappa shape index (κ1) is 27.5. The minimum atomic E-state index is -2.73. The summed E-state index contributed by atoms with van der Waals surface area (Å²) in [6.07, 6.45) is 1.67. The fourth-order valence-electron chi connectivity index (χ4n) is 5.29. The number of nitrogens with one attached hydrogen (secondary N) is 1. The van der Waals surface area contributed by atoms with E-state index in [4.69, 9.17) is 20.8 Å². The van der Waals surface area contributed by atoms with Gasteiger partial charge in [-0.2, -0.15) is 9.37 Å². The molecule has 5 rings (SSSR count). The number of nitrogens with zero attached hydrogens (tertiary/aromatic N) is 2. The number of aromatic nitrogens is 1. The van der Waals surface area contributed by atoms with Crippen LogP contribution in [0.4, 0.5) is 20.5 Å². The lowest BCUT2D eigenvalue weighted by Crippen LogP contribution is -2.54. The minimum absolute atomic E-state index is 0.0338. The molecule has 2 N–H and O–H groups in total. The third-order valence-corrected chi connectivity index (χ3v) is 7.81. The van der Waals surface area contributed by atoms with E-state index in [0.29, 0.717) is 62.3 Å². The van der Waals surface area contributed by atoms with Crippen molar-refractivity contribution in [2.45, 2.75) is 64.0 Å². The zero-order valence-corrected chi connectivity index (χ0v) is 22.3. The van der Waals surface area contributed by atoms with Crippen LogP contribution in [0.1, 0.15) is 49.7 Å². The van der Waals surface area contributed by atoms with Crippen molar-refractivity contribution in [3.63, 3.8) is 0 Å². The molecule has 2 heterocycles. The quantitative estimate of drug-likeness (QED) is 0.299. The highest BCUT2D eigenvalue weighted by Crippen LogP contribution is 2.35. The highest BCUT2D eigenvalue weighted by molar-refractivity contribution is 6.30. The number of oxazole rings is 1. The molecule has 0 amide bonds. The molecule has 1 aliphatic carbocycles. The van der Waals surface area contributed by atoms with Gasteiger partial charge in [-0.05, 0) is 74.8 Å². The molecule has 1 saturated heterocycles. The maximum Gasteiger partial charge on any atom is 0.330 e. The second kappa shape index (κ2) is 11.2. The Kier molecular flexibility index (Phi) is 7.89. The number of aryl methyl sites for hydroxylation is 1. The Balaban J connectivity index is 1.35. The van der Waals surface area contributed by atoms with Crippen LogP contribution in [0.25, 0.3) is 11.1 Å². The summed E-state index contributed by atoms with van der Waals surface area (Å²) >= 11 is 6.07. The second-order valence-electron chi connectivity index (χ2n) is 10.3. The monoisotopic (exact) mass is 561 g/mol. The molecule has 2 fully saturated rings. The van der Waals surface area contributed by atoms with Gasteiger partial charge in [-0.15, -0.1) is 0 Å². The van der Waals surface area contributed by atoms with E-state index in [1.165, 1.54) is 17.0 Å². The Morgan fingerprint density at radius 2 is 1.92 bits per heavy atom. The molecule has 2 aromatic carbocycles. The summed E-state index contributed by atoms with van der Waals surface area (Å²) in [6, 6.07) is 8.23. The lowest BCUT2D eigenvalue weighted by Gasteiger charge is -2.37. The number of aliphatic carboxylic acids is 1. The maximum absolute atomic E-state index is 16.4. The van der Waals surface area contributed by atoms with Crippen molar-refractivity contribution >= 4 is 46.2 Å². The number of carbonyl (C=O) groups excluding carboxylic acids is 1. The van der Waals surface area contributed by atoms with Crippen molar-refractivity contribution in [1.82, 2.24) is 9.88 Å². The number of benzene rings is 2. The molecule has 3 aromatic rings. The van der Waals surface area contributed by atoms with E-state index in [-0.39, 0.29) is 22.7 Å². The van der Waals surface area contributed by atoms with Crippen molar-refractivity contribution in [1.29, 1.82) is 0 Å². The predicted octanol–water partition coefficient (Wildman–Crippen LogP) is 6.16. The standard InChI is InChI=1S/C28H30ClF2N3O5/c1-16-4-8-19(29)15-22(16)33-27-32-21-11-7-18(24(30)25(21)38-27)14-23(35)28(31,34-12-2-3-13-34)39-20-9-5-17(6-10-20)26(36)37/h4,7-8,11,15,17,20H,2-3,5-6,9-10,12-14H2,1H3,(H,32,33)(H,36,37). The molecule has 39 heavy (non-hydrogen) atoms. The zero-order valence-electron chi connectivity index (χ0n) is 21.5. The Morgan fingerprint density at radius 1 is 1.21 bits per heavy atom. The normalized spacial score (nSPS) is 21.6. The molecule has 1 unspecified atom stereocenters. The lowest BCUT2D eigenvalue weighted by atomic mass is 9.87. The third-order valence-electron chi connectivity index (χ3n) is 7.57. The Morgan fingerprint density at radius 3 is 2.62 bits per heavy atom. The number of halogens is 3. The largest absolute Gasteiger partial charge is 0.481 e. The number of Topliss-reactive ketones (excluding diaryl/α,β-unsaturated/α-hetero) is 1. The first-order valence-electron chi connectivity index (χ1n) is 13.1. The van der Waals surface area contributed by atoms with Crippen molar-refractivity contribution < 1.29 is 32.6 Å². The summed E-state index contributed by atoms with van der Waals surface area (Å²) < 4.78 is 43.3. The van der Waals surface area contributed by atoms with Crippen molar-refractivity contribution in [3.05, 3.63) is 52.3 Å². The van der Waals surface area contributed by atoms with Gasteiger partial charge in [0.05, 0.1) is 12.0 Å². The number of rotatable bonds is 9. The summed E-state index contributed by atoms with van der Waals surface area (Å²) in [5, 5.41) is 12.7. The zero-order chi connectivity index (χ0) is 27.7. The van der Waals surface area contributed by atoms with Gasteiger partial charge in [0, 0.05) is 30.2 Å². The highest BCUT2D eigenvalue weighted by atomic mass is 35.5. The summed E-state index contributed by atoms with van der Waals surface area (Å²) in [5.74, 6) is -5.80. The van der Waals surface area contributed by atoms with Crippen molar-refractivity contribution in [3.8, 4) is 0 Å². The number of hydrogen-bond donors (Lipinski definition) is 2. The number of carboxylic acids is 1. The van der Waals surface area contributed by atoms with Gasteiger partial charge in [-0.25, -0.2) is 9.29 Å². The molecule has 1 saturated carbocycles. The number of anilines is 2. The Hall–Kier alpha value is -3.08. The van der Waals surface area contributed by atoms with Gasteiger partial charge in [-0.1, -0.05) is 23.7 Å². The van der Waals surface area contributed by atoms with Gasteiger partial charge in [-0.3, -0.25) is 9.59 Å². The van der Waals surface area contributed by atoms with E-state index in [0.717, 1.165) is 5.56 Å². The number of likely N-dealkylation sites (tertiary alicyclic amines) is 1. The van der Waals surface area contributed by atoms with E-state index in [2.05, 4.69) is 10.3 Å². The molecule has 2 aliphatic rings. The molecule has 0 spiro atoms. The number of alkyl halides is 1. The maximum atomic E-state index is 16.4. The molecular weight excluding hydrogens is 532 g/mol. The number of ketones is 1. The van der Waals surface area contributed by atoms with Crippen LogP contribution < -0.4 is 5.32 Å². The molecule has 1 atom stereocenters. The Labute approximate surface area is 229 Å². The average molecular weight is 562 g/mol. The third kappa shape index (κ3) is 5.78. The van der Waals surface area contributed by atoms with E-state index < -0.39 is 42.0 Å². The molecule has 1 aromatic heterocycles. The first-order chi connectivity index (χ1) is 18.6. The number of fused-ring (bicyclic) bond motifs is 1. The molecule has 208 valence electrons. The number of carboxylic acid groups (broad SMARTS) is 1. The Bertz CT molecular complexity index is 1390. The van der Waals surface area contributed by atoms with E-state index in [9.17, 15) is 14.7 Å². The molecule has 1 aliphatic heterocycles. The van der Waals surface area contributed by atoms with Crippen molar-refractivity contribution in [2.75, 3.05) is 18.4 Å². The number of ether oxygens (including phenoxy) is 1. The predicted molar refractivity (Wildman–Crippen MR) is 141 cm³/mol. The first-order valence-corrected chi connectivity index (χ1v) is 13.5. The summed E-state index contributed by atoms with van der Waals surface area (Å²) in [6.45, 7) is 2.55. The van der Waals surface area contributed by atoms with E-state index >= 15 is 8.78 Å². The lowest BCUT2D eigenvalue weighted by molar-refractivity contribution is -0.252. The molecule has 0 bridgehead atoms. The minimum Gasteiger partial charge on any atom is -0.481 e. The highest BCUT2D eigenvalue weighted by Gasteiger charge is 2.49. The fraction of sp³-hybridized carbons (Fsp3) is 0.464. The van der Waals surface area contributed by atoms with Gasteiger partial charge < -0.3 is 19.6 Å². The van der Waals surface area contributed by atoms with Crippen LogP contribution in [-0.2, 0) is 20.7 Å². The van der Waals surface area contributed by atoms with Crippen LogP contribution in [0.5, 0.6) is 0 Å². The second-order valence-corrected chi connectivity index (χ2v) is 10.7. The van der Waals surface area contributed by atoms with Crippen LogP contribution >= 0.6 is 11.6 Å². The van der Waals surface area contributed by atoms with Crippen LogP contribution in [0.15, 0.2) is 34.7 Å². The summed E-state index contributed by atoms with van der Waals surface area (Å²) in [4.78, 5) is 30.3. The van der Waals surface area contributed by atoms with Gasteiger partial charge in [0.2, 0.25) is 5.78 Å². The summed E-state index contributed by atoms with van der Waals surface area (Å²) in [7, 11) is 0.